The topological polar surface area (TPSA) is 78.9 Å². The molecular weight excluding hydrogens is 353 g/mol. The zero-order valence-corrected chi connectivity index (χ0v) is 14.1. The number of aliphatic carboxylic acids is 1. The van der Waals surface area contributed by atoms with Crippen LogP contribution in [0.25, 0.3) is 0 Å². The number of piperidine rings is 1. The summed E-state index contributed by atoms with van der Waals surface area (Å²) in [7, 11) is 0. The number of carboxylic acids is 1. The maximum Gasteiger partial charge on any atom is 0.411 e. The highest BCUT2D eigenvalue weighted by Crippen LogP contribution is 2.17. The molecule has 9 heteroatoms. The number of carbonyl (C=O) groups excluding carboxylic acids is 1. The molecule has 0 saturated carbocycles. The van der Waals surface area contributed by atoms with Crippen LogP contribution in [0.3, 0.4) is 0 Å². The quantitative estimate of drug-likeness (QED) is 0.803. The van der Waals surface area contributed by atoms with Crippen molar-refractivity contribution in [2.45, 2.75) is 32.2 Å². The Hall–Kier alpha value is -2.29. The van der Waals surface area contributed by atoms with Crippen LogP contribution >= 0.6 is 0 Å². The minimum absolute atomic E-state index is 0.173. The van der Waals surface area contributed by atoms with Gasteiger partial charge in [0.05, 0.1) is 12.5 Å². The molecule has 1 aliphatic heterocycles. The fourth-order valence-electron chi connectivity index (χ4n) is 2.77. The number of alkyl halides is 3. The van der Waals surface area contributed by atoms with E-state index in [2.05, 4.69) is 10.1 Å². The molecule has 0 radical (unpaired) electrons. The molecule has 1 aromatic rings. The first-order valence-corrected chi connectivity index (χ1v) is 8.22. The van der Waals surface area contributed by atoms with E-state index in [9.17, 15) is 22.8 Å². The summed E-state index contributed by atoms with van der Waals surface area (Å²) in [4.78, 5) is 24.7. The molecule has 2 rings (SSSR count). The highest BCUT2D eigenvalue weighted by Gasteiger charge is 2.28. The summed E-state index contributed by atoms with van der Waals surface area (Å²) in [5, 5.41) is 11.8. The molecule has 1 aromatic carbocycles. The third-order valence-corrected chi connectivity index (χ3v) is 4.03. The summed E-state index contributed by atoms with van der Waals surface area (Å²) in [6.45, 7) is -0.616. The number of urea groups is 1. The number of hydrogen-bond donors (Lipinski definition) is 2. The molecule has 26 heavy (non-hydrogen) atoms. The lowest BCUT2D eigenvalue weighted by atomic mass is 9.99. The maximum absolute atomic E-state index is 12.2. The molecule has 1 saturated heterocycles. The lowest BCUT2D eigenvalue weighted by Gasteiger charge is -2.30. The van der Waals surface area contributed by atoms with Gasteiger partial charge in [-0.15, -0.1) is 0 Å². The lowest BCUT2D eigenvalue weighted by Crippen LogP contribution is -2.46. The van der Waals surface area contributed by atoms with Crippen molar-refractivity contribution in [2.24, 2.45) is 5.92 Å². The van der Waals surface area contributed by atoms with Crippen molar-refractivity contribution < 1.29 is 32.6 Å². The van der Waals surface area contributed by atoms with E-state index in [0.717, 1.165) is 5.56 Å². The highest BCUT2D eigenvalue weighted by molar-refractivity contribution is 5.76. The average molecular weight is 374 g/mol. The minimum atomic E-state index is -4.37. The molecule has 144 valence electrons. The molecule has 1 aliphatic rings. The number of carbonyl (C=O) groups is 2. The number of nitrogens with one attached hydrogen (secondary N) is 1. The van der Waals surface area contributed by atoms with E-state index in [1.165, 1.54) is 4.90 Å². The molecule has 0 bridgehead atoms. The van der Waals surface area contributed by atoms with Crippen molar-refractivity contribution in [2.75, 3.05) is 19.7 Å². The van der Waals surface area contributed by atoms with Gasteiger partial charge in [-0.05, 0) is 24.0 Å². The van der Waals surface area contributed by atoms with Gasteiger partial charge in [-0.3, -0.25) is 4.79 Å². The van der Waals surface area contributed by atoms with Crippen LogP contribution in [0.5, 0.6) is 0 Å². The standard InChI is InChI=1S/C17H21F3N2O4/c18-17(19,20)11-26-10-13-4-1-3-12(7-13)8-21-16(25)22-6-2-5-14(9-22)15(23)24/h1,3-4,7,14H,2,5-6,8-11H2,(H,21,25)(H,23,24). The Labute approximate surface area is 148 Å². The minimum Gasteiger partial charge on any atom is -0.481 e. The van der Waals surface area contributed by atoms with Crippen LogP contribution in [0.15, 0.2) is 24.3 Å². The third kappa shape index (κ3) is 6.55. The fraction of sp³-hybridized carbons (Fsp3) is 0.529. The Kier molecular flexibility index (Phi) is 6.84. The first kappa shape index (κ1) is 20.0. The van der Waals surface area contributed by atoms with Crippen LogP contribution in [0, 0.1) is 5.92 Å². The first-order chi connectivity index (χ1) is 12.2. The van der Waals surface area contributed by atoms with Crippen LogP contribution in [0.2, 0.25) is 0 Å². The number of nitrogens with zero attached hydrogens (tertiary/aromatic N) is 1. The van der Waals surface area contributed by atoms with Gasteiger partial charge < -0.3 is 20.1 Å². The second-order valence-corrected chi connectivity index (χ2v) is 6.21. The average Bonchev–Trinajstić information content (AvgIpc) is 2.59. The van der Waals surface area contributed by atoms with Crippen molar-refractivity contribution in [3.8, 4) is 0 Å². The number of likely N-dealkylation sites (tertiary alicyclic amines) is 1. The zero-order chi connectivity index (χ0) is 19.2. The van der Waals surface area contributed by atoms with Gasteiger partial charge in [-0.25, -0.2) is 4.79 Å². The predicted octanol–water partition coefficient (Wildman–Crippen LogP) is 2.77. The Bertz CT molecular complexity index is 637. The van der Waals surface area contributed by atoms with E-state index in [1.54, 1.807) is 24.3 Å². The van der Waals surface area contributed by atoms with Gasteiger partial charge in [0.2, 0.25) is 0 Å². The molecule has 1 fully saturated rings. The molecular formula is C17H21F3N2O4. The van der Waals surface area contributed by atoms with Crippen LogP contribution in [0.4, 0.5) is 18.0 Å². The number of rotatable bonds is 6. The number of hydrogen-bond acceptors (Lipinski definition) is 3. The van der Waals surface area contributed by atoms with Gasteiger partial charge in [-0.1, -0.05) is 24.3 Å². The molecule has 0 aliphatic carbocycles. The van der Waals surface area contributed by atoms with Gasteiger partial charge in [0.15, 0.2) is 0 Å². The predicted molar refractivity (Wildman–Crippen MR) is 86.3 cm³/mol. The lowest BCUT2D eigenvalue weighted by molar-refractivity contribution is -0.176. The Balaban J connectivity index is 1.82. The van der Waals surface area contributed by atoms with E-state index in [0.29, 0.717) is 24.9 Å². The largest absolute Gasteiger partial charge is 0.481 e. The highest BCUT2D eigenvalue weighted by atomic mass is 19.4. The van der Waals surface area contributed by atoms with Crippen LogP contribution in [-0.4, -0.2) is 47.9 Å². The van der Waals surface area contributed by atoms with Crippen molar-refractivity contribution in [3.63, 3.8) is 0 Å². The van der Waals surface area contributed by atoms with Gasteiger partial charge in [0.25, 0.3) is 0 Å². The number of benzene rings is 1. The second kappa shape index (κ2) is 8.88. The molecule has 0 aromatic heterocycles. The van der Waals surface area contributed by atoms with Crippen LogP contribution in [0.1, 0.15) is 24.0 Å². The summed E-state index contributed by atoms with van der Waals surface area (Å²) in [5.41, 5.74) is 1.29. The number of carboxylic acid groups (broad SMARTS) is 1. The second-order valence-electron chi connectivity index (χ2n) is 6.21. The third-order valence-electron chi connectivity index (χ3n) is 4.03. The number of amides is 2. The maximum atomic E-state index is 12.2. The van der Waals surface area contributed by atoms with Crippen molar-refractivity contribution in [3.05, 3.63) is 35.4 Å². The van der Waals surface area contributed by atoms with E-state index in [-0.39, 0.29) is 25.7 Å². The monoisotopic (exact) mass is 374 g/mol. The van der Waals surface area contributed by atoms with E-state index in [1.807, 2.05) is 0 Å². The van der Waals surface area contributed by atoms with Gasteiger partial charge in [0, 0.05) is 19.6 Å². The fourth-order valence-corrected chi connectivity index (χ4v) is 2.77. The van der Waals surface area contributed by atoms with Gasteiger partial charge in [-0.2, -0.15) is 13.2 Å². The Morgan fingerprint density at radius 3 is 2.73 bits per heavy atom. The van der Waals surface area contributed by atoms with Crippen LogP contribution < -0.4 is 5.32 Å². The summed E-state index contributed by atoms with van der Waals surface area (Å²) in [5.74, 6) is -1.46. The first-order valence-electron chi connectivity index (χ1n) is 8.22. The summed E-state index contributed by atoms with van der Waals surface area (Å²) >= 11 is 0. The van der Waals surface area contributed by atoms with Crippen molar-refractivity contribution >= 4 is 12.0 Å². The van der Waals surface area contributed by atoms with Crippen molar-refractivity contribution in [1.82, 2.24) is 10.2 Å². The SMILES string of the molecule is O=C(O)C1CCCN(C(=O)NCc2cccc(COCC(F)(F)F)c2)C1. The molecule has 1 unspecified atom stereocenters. The molecule has 1 atom stereocenters. The van der Waals surface area contributed by atoms with Crippen LogP contribution in [-0.2, 0) is 22.7 Å². The van der Waals surface area contributed by atoms with Gasteiger partial charge >= 0.3 is 18.2 Å². The Morgan fingerprint density at radius 2 is 2.04 bits per heavy atom. The van der Waals surface area contributed by atoms with E-state index < -0.39 is 24.7 Å². The van der Waals surface area contributed by atoms with E-state index in [4.69, 9.17) is 5.11 Å². The zero-order valence-electron chi connectivity index (χ0n) is 14.1. The smallest absolute Gasteiger partial charge is 0.411 e. The summed E-state index contributed by atoms with van der Waals surface area (Å²) < 4.78 is 40.9. The summed E-state index contributed by atoms with van der Waals surface area (Å²) in [6, 6.07) is 6.37. The van der Waals surface area contributed by atoms with Crippen molar-refractivity contribution in [1.29, 1.82) is 0 Å². The molecule has 2 N–H and O–H groups in total. The normalized spacial score (nSPS) is 17.8. The molecule has 1 heterocycles. The van der Waals surface area contributed by atoms with Gasteiger partial charge in [0.1, 0.15) is 6.61 Å². The number of ether oxygens (including phenoxy) is 1. The summed E-state index contributed by atoms with van der Waals surface area (Å²) in [6.07, 6.45) is -3.18. The number of halogens is 3. The molecule has 6 nitrogen and oxygen atoms in total. The Morgan fingerprint density at radius 1 is 1.31 bits per heavy atom. The molecule has 0 spiro atoms. The van der Waals surface area contributed by atoms with E-state index >= 15 is 0 Å². The molecule has 2 amide bonds.